The van der Waals surface area contributed by atoms with Crippen LogP contribution in [0.25, 0.3) is 0 Å². The van der Waals surface area contributed by atoms with Crippen molar-refractivity contribution in [2.75, 3.05) is 19.6 Å². The molecule has 1 unspecified atom stereocenters. The van der Waals surface area contributed by atoms with Crippen molar-refractivity contribution in [3.05, 3.63) is 22.4 Å². The SMILES string of the molecule is CC(NCC1CCNCC1)c1cccs1.Cl. The zero-order valence-electron chi connectivity index (χ0n) is 9.74. The lowest BCUT2D eigenvalue weighted by molar-refractivity contribution is 0.346. The molecule has 2 nitrogen and oxygen atoms in total. The number of thiophene rings is 1. The van der Waals surface area contributed by atoms with Gasteiger partial charge in [-0.25, -0.2) is 0 Å². The Morgan fingerprint density at radius 3 is 2.88 bits per heavy atom. The molecule has 1 aliphatic rings. The van der Waals surface area contributed by atoms with Crippen LogP contribution in [0.15, 0.2) is 17.5 Å². The minimum atomic E-state index is 0. The Bertz CT molecular complexity index is 271. The van der Waals surface area contributed by atoms with Crippen molar-refractivity contribution < 1.29 is 0 Å². The van der Waals surface area contributed by atoms with E-state index in [0.29, 0.717) is 6.04 Å². The maximum absolute atomic E-state index is 3.64. The first-order valence-corrected chi connectivity index (χ1v) is 6.71. The van der Waals surface area contributed by atoms with E-state index in [1.54, 1.807) is 0 Å². The molecule has 1 aliphatic heterocycles. The van der Waals surface area contributed by atoms with Gasteiger partial charge in [0.25, 0.3) is 0 Å². The molecular formula is C12H21ClN2S. The van der Waals surface area contributed by atoms with E-state index in [1.165, 1.54) is 37.4 Å². The van der Waals surface area contributed by atoms with Gasteiger partial charge in [-0.05, 0) is 56.8 Å². The van der Waals surface area contributed by atoms with Gasteiger partial charge in [0, 0.05) is 10.9 Å². The fourth-order valence-corrected chi connectivity index (χ4v) is 2.83. The van der Waals surface area contributed by atoms with E-state index < -0.39 is 0 Å². The number of piperidine rings is 1. The summed E-state index contributed by atoms with van der Waals surface area (Å²) >= 11 is 1.84. The number of halogens is 1. The molecule has 2 heterocycles. The summed E-state index contributed by atoms with van der Waals surface area (Å²) in [5, 5.41) is 9.19. The highest BCUT2D eigenvalue weighted by atomic mass is 35.5. The van der Waals surface area contributed by atoms with Crippen molar-refractivity contribution >= 4 is 23.7 Å². The summed E-state index contributed by atoms with van der Waals surface area (Å²) in [6, 6.07) is 4.85. The van der Waals surface area contributed by atoms with Gasteiger partial charge in [0.05, 0.1) is 0 Å². The quantitative estimate of drug-likeness (QED) is 0.870. The van der Waals surface area contributed by atoms with Crippen LogP contribution in [0.5, 0.6) is 0 Å². The lowest BCUT2D eigenvalue weighted by atomic mass is 9.98. The lowest BCUT2D eigenvalue weighted by Gasteiger charge is -2.24. The predicted molar refractivity (Wildman–Crippen MR) is 73.6 cm³/mol. The van der Waals surface area contributed by atoms with Crippen LogP contribution in [0.3, 0.4) is 0 Å². The Hall–Kier alpha value is -0.0900. The smallest absolute Gasteiger partial charge is 0.0386 e. The van der Waals surface area contributed by atoms with Gasteiger partial charge < -0.3 is 10.6 Å². The minimum Gasteiger partial charge on any atom is -0.317 e. The molecule has 1 atom stereocenters. The first kappa shape index (κ1) is 14.0. The summed E-state index contributed by atoms with van der Waals surface area (Å²) in [7, 11) is 0. The maximum Gasteiger partial charge on any atom is 0.0386 e. The molecule has 0 saturated carbocycles. The first-order valence-electron chi connectivity index (χ1n) is 5.84. The molecular weight excluding hydrogens is 240 g/mol. The molecule has 0 aromatic carbocycles. The first-order chi connectivity index (χ1) is 7.36. The monoisotopic (exact) mass is 260 g/mol. The zero-order valence-corrected chi connectivity index (χ0v) is 11.4. The molecule has 1 aromatic heterocycles. The van der Waals surface area contributed by atoms with Crippen molar-refractivity contribution in [1.82, 2.24) is 10.6 Å². The van der Waals surface area contributed by atoms with Crippen molar-refractivity contribution in [3.8, 4) is 0 Å². The molecule has 0 amide bonds. The second kappa shape index (κ2) is 7.28. The second-order valence-electron chi connectivity index (χ2n) is 4.34. The highest BCUT2D eigenvalue weighted by Gasteiger charge is 2.14. The van der Waals surface area contributed by atoms with Crippen LogP contribution < -0.4 is 10.6 Å². The Kier molecular flexibility index (Phi) is 6.36. The number of hydrogen-bond acceptors (Lipinski definition) is 3. The van der Waals surface area contributed by atoms with Gasteiger partial charge in [0.15, 0.2) is 0 Å². The normalized spacial score (nSPS) is 19.1. The predicted octanol–water partition coefficient (Wildman–Crippen LogP) is 2.82. The third-order valence-corrected chi connectivity index (χ3v) is 4.20. The van der Waals surface area contributed by atoms with Gasteiger partial charge in [0.2, 0.25) is 0 Å². The molecule has 2 rings (SSSR count). The molecule has 0 spiro atoms. The Morgan fingerprint density at radius 1 is 1.50 bits per heavy atom. The molecule has 16 heavy (non-hydrogen) atoms. The molecule has 1 fully saturated rings. The molecule has 2 N–H and O–H groups in total. The van der Waals surface area contributed by atoms with E-state index in [0.717, 1.165) is 5.92 Å². The Balaban J connectivity index is 0.00000128. The standard InChI is InChI=1S/C12H20N2S.ClH/c1-10(12-3-2-8-15-12)14-9-11-4-6-13-7-5-11;/h2-3,8,10-11,13-14H,4-7,9H2,1H3;1H. The summed E-state index contributed by atoms with van der Waals surface area (Å²) in [5.41, 5.74) is 0. The average molecular weight is 261 g/mol. The topological polar surface area (TPSA) is 24.1 Å². The van der Waals surface area contributed by atoms with E-state index in [9.17, 15) is 0 Å². The van der Waals surface area contributed by atoms with Gasteiger partial charge in [-0.1, -0.05) is 6.07 Å². The van der Waals surface area contributed by atoms with E-state index in [-0.39, 0.29) is 12.4 Å². The minimum absolute atomic E-state index is 0. The van der Waals surface area contributed by atoms with E-state index >= 15 is 0 Å². The second-order valence-corrected chi connectivity index (χ2v) is 5.32. The fourth-order valence-electron chi connectivity index (χ4n) is 2.07. The number of nitrogens with one attached hydrogen (secondary N) is 2. The van der Waals surface area contributed by atoms with Crippen LogP contribution in [0.2, 0.25) is 0 Å². The lowest BCUT2D eigenvalue weighted by Crippen LogP contribution is -2.34. The van der Waals surface area contributed by atoms with E-state index in [4.69, 9.17) is 0 Å². The van der Waals surface area contributed by atoms with Gasteiger partial charge in [-0.2, -0.15) is 0 Å². The van der Waals surface area contributed by atoms with Crippen molar-refractivity contribution in [2.45, 2.75) is 25.8 Å². The zero-order chi connectivity index (χ0) is 10.5. The molecule has 1 aromatic rings. The molecule has 0 radical (unpaired) electrons. The number of hydrogen-bond donors (Lipinski definition) is 2. The summed E-state index contributed by atoms with van der Waals surface area (Å²) in [6.45, 7) is 5.81. The van der Waals surface area contributed by atoms with Gasteiger partial charge in [0.1, 0.15) is 0 Å². The summed E-state index contributed by atoms with van der Waals surface area (Å²) in [6.07, 6.45) is 2.65. The summed E-state index contributed by atoms with van der Waals surface area (Å²) in [4.78, 5) is 1.45. The van der Waals surface area contributed by atoms with Crippen molar-refractivity contribution in [2.24, 2.45) is 5.92 Å². The summed E-state index contributed by atoms with van der Waals surface area (Å²) < 4.78 is 0. The van der Waals surface area contributed by atoms with Crippen LogP contribution >= 0.6 is 23.7 Å². The fraction of sp³-hybridized carbons (Fsp3) is 0.667. The molecule has 1 saturated heterocycles. The van der Waals surface area contributed by atoms with Crippen LogP contribution in [0.1, 0.15) is 30.7 Å². The summed E-state index contributed by atoms with van der Waals surface area (Å²) in [5.74, 6) is 0.869. The molecule has 0 bridgehead atoms. The van der Waals surface area contributed by atoms with Gasteiger partial charge in [-0.3, -0.25) is 0 Å². The van der Waals surface area contributed by atoms with E-state index in [2.05, 4.69) is 35.1 Å². The third-order valence-electron chi connectivity index (χ3n) is 3.14. The Labute approximate surface area is 108 Å². The van der Waals surface area contributed by atoms with Gasteiger partial charge >= 0.3 is 0 Å². The molecule has 92 valence electrons. The van der Waals surface area contributed by atoms with Crippen LogP contribution in [-0.2, 0) is 0 Å². The third kappa shape index (κ3) is 4.06. The highest BCUT2D eigenvalue weighted by molar-refractivity contribution is 7.10. The average Bonchev–Trinajstić information content (AvgIpc) is 2.81. The van der Waals surface area contributed by atoms with Gasteiger partial charge in [-0.15, -0.1) is 23.7 Å². The molecule has 0 aliphatic carbocycles. The van der Waals surface area contributed by atoms with Crippen LogP contribution in [0, 0.1) is 5.92 Å². The van der Waals surface area contributed by atoms with Crippen molar-refractivity contribution in [1.29, 1.82) is 0 Å². The van der Waals surface area contributed by atoms with E-state index in [1.807, 2.05) is 11.3 Å². The molecule has 4 heteroatoms. The van der Waals surface area contributed by atoms with Crippen LogP contribution in [-0.4, -0.2) is 19.6 Å². The van der Waals surface area contributed by atoms with Crippen molar-refractivity contribution in [3.63, 3.8) is 0 Å². The number of rotatable bonds is 4. The highest BCUT2D eigenvalue weighted by Crippen LogP contribution is 2.19. The Morgan fingerprint density at radius 2 is 2.25 bits per heavy atom. The maximum atomic E-state index is 3.64. The largest absolute Gasteiger partial charge is 0.317 e. The van der Waals surface area contributed by atoms with Crippen LogP contribution in [0.4, 0.5) is 0 Å².